The number of para-hydroxylation sites is 2. The Balaban J connectivity index is 1.81. The summed E-state index contributed by atoms with van der Waals surface area (Å²) in [7, 11) is 1.64. The van der Waals surface area contributed by atoms with Gasteiger partial charge >= 0.3 is 11.8 Å². The molecule has 0 saturated carbocycles. The Bertz CT molecular complexity index is 654. The van der Waals surface area contributed by atoms with Gasteiger partial charge in [-0.3, -0.25) is 14.4 Å². The molecule has 2 rings (SSSR count). The number of anilines is 1. The molecule has 142 valence electrons. The van der Waals surface area contributed by atoms with Gasteiger partial charge in [0.05, 0.1) is 19.3 Å². The lowest BCUT2D eigenvalue weighted by Gasteiger charge is -2.36. The van der Waals surface area contributed by atoms with Crippen molar-refractivity contribution in [1.29, 1.82) is 0 Å². The van der Waals surface area contributed by atoms with E-state index in [1.807, 2.05) is 24.3 Å². The van der Waals surface area contributed by atoms with E-state index >= 15 is 0 Å². The van der Waals surface area contributed by atoms with Crippen molar-refractivity contribution in [2.24, 2.45) is 0 Å². The molecule has 1 aromatic carbocycles. The van der Waals surface area contributed by atoms with Crippen molar-refractivity contribution in [3.05, 3.63) is 24.3 Å². The van der Waals surface area contributed by atoms with E-state index in [2.05, 4.69) is 15.5 Å². The summed E-state index contributed by atoms with van der Waals surface area (Å²) in [6, 6.07) is 7.63. The van der Waals surface area contributed by atoms with Gasteiger partial charge in [-0.15, -0.1) is 0 Å². The van der Waals surface area contributed by atoms with E-state index < -0.39 is 11.8 Å². The third-order valence-corrected chi connectivity index (χ3v) is 4.08. The number of hydrogen-bond acceptors (Lipinski definition) is 5. The number of carbonyl (C=O) groups excluding carboxylic acids is 3. The first-order chi connectivity index (χ1) is 12.4. The second-order valence-electron chi connectivity index (χ2n) is 6.35. The standard InChI is InChI=1S/C18H26N4O4/c1-13(2)20-18(25)17(24)19-12-16(23)22-10-8-21(9-11-22)14-6-4-5-7-15(14)26-3/h4-7,13H,8-12H2,1-3H3,(H,19,24)(H,20,25). The maximum absolute atomic E-state index is 12.2. The number of carbonyl (C=O) groups is 3. The van der Waals surface area contributed by atoms with Crippen molar-refractivity contribution in [3.8, 4) is 5.75 Å². The molecule has 0 atom stereocenters. The van der Waals surface area contributed by atoms with Crippen LogP contribution in [0.2, 0.25) is 0 Å². The lowest BCUT2D eigenvalue weighted by molar-refractivity contribution is -0.140. The fourth-order valence-corrected chi connectivity index (χ4v) is 2.76. The van der Waals surface area contributed by atoms with E-state index in [1.54, 1.807) is 25.9 Å². The SMILES string of the molecule is COc1ccccc1N1CCN(C(=O)CNC(=O)C(=O)NC(C)C)CC1. The maximum atomic E-state index is 12.2. The number of benzene rings is 1. The highest BCUT2D eigenvalue weighted by molar-refractivity contribution is 6.35. The fourth-order valence-electron chi connectivity index (χ4n) is 2.76. The van der Waals surface area contributed by atoms with Crippen LogP contribution in [-0.2, 0) is 14.4 Å². The summed E-state index contributed by atoms with van der Waals surface area (Å²) in [4.78, 5) is 39.3. The number of nitrogens with zero attached hydrogens (tertiary/aromatic N) is 2. The molecule has 8 heteroatoms. The highest BCUT2D eigenvalue weighted by Gasteiger charge is 2.23. The van der Waals surface area contributed by atoms with Gasteiger partial charge in [-0.2, -0.15) is 0 Å². The second-order valence-corrected chi connectivity index (χ2v) is 6.35. The molecule has 0 radical (unpaired) electrons. The van der Waals surface area contributed by atoms with Crippen molar-refractivity contribution in [3.63, 3.8) is 0 Å². The quantitative estimate of drug-likeness (QED) is 0.719. The lowest BCUT2D eigenvalue weighted by atomic mass is 10.2. The van der Waals surface area contributed by atoms with Gasteiger partial charge in [0.1, 0.15) is 5.75 Å². The summed E-state index contributed by atoms with van der Waals surface area (Å²) < 4.78 is 5.38. The van der Waals surface area contributed by atoms with E-state index in [0.717, 1.165) is 11.4 Å². The van der Waals surface area contributed by atoms with Crippen LogP contribution < -0.4 is 20.3 Å². The zero-order valence-electron chi connectivity index (χ0n) is 15.4. The second kappa shape index (κ2) is 9.07. The molecule has 1 aromatic rings. The molecule has 1 fully saturated rings. The summed E-state index contributed by atoms with van der Waals surface area (Å²) in [5.74, 6) is -0.917. The Morgan fingerprint density at radius 2 is 1.73 bits per heavy atom. The zero-order valence-corrected chi connectivity index (χ0v) is 15.4. The van der Waals surface area contributed by atoms with Crippen LogP contribution in [0.25, 0.3) is 0 Å². The van der Waals surface area contributed by atoms with Crippen LogP contribution in [0, 0.1) is 0 Å². The third-order valence-electron chi connectivity index (χ3n) is 4.08. The smallest absolute Gasteiger partial charge is 0.309 e. The number of hydrogen-bond donors (Lipinski definition) is 2. The minimum atomic E-state index is -0.792. The van der Waals surface area contributed by atoms with Crippen LogP contribution >= 0.6 is 0 Å². The van der Waals surface area contributed by atoms with E-state index in [0.29, 0.717) is 26.2 Å². The summed E-state index contributed by atoms with van der Waals surface area (Å²) in [6.07, 6.45) is 0. The zero-order chi connectivity index (χ0) is 19.1. The molecular formula is C18H26N4O4. The lowest BCUT2D eigenvalue weighted by Crippen LogP contribution is -2.52. The van der Waals surface area contributed by atoms with Gasteiger partial charge < -0.3 is 25.2 Å². The van der Waals surface area contributed by atoms with Crippen LogP contribution in [0.3, 0.4) is 0 Å². The Morgan fingerprint density at radius 1 is 1.08 bits per heavy atom. The molecule has 0 unspecified atom stereocenters. The molecule has 0 aromatic heterocycles. The van der Waals surface area contributed by atoms with E-state index in [-0.39, 0.29) is 18.5 Å². The monoisotopic (exact) mass is 362 g/mol. The summed E-state index contributed by atoms with van der Waals surface area (Å²) in [6.45, 7) is 5.78. The number of piperazine rings is 1. The van der Waals surface area contributed by atoms with Crippen LogP contribution in [0.15, 0.2) is 24.3 Å². The summed E-state index contributed by atoms with van der Waals surface area (Å²) >= 11 is 0. The Labute approximate surface area is 153 Å². The molecule has 8 nitrogen and oxygen atoms in total. The number of nitrogens with one attached hydrogen (secondary N) is 2. The third kappa shape index (κ3) is 5.11. The van der Waals surface area contributed by atoms with Crippen LogP contribution in [0.4, 0.5) is 5.69 Å². The predicted molar refractivity (Wildman–Crippen MR) is 98.1 cm³/mol. The van der Waals surface area contributed by atoms with Gasteiger partial charge in [0, 0.05) is 32.2 Å². The Hall–Kier alpha value is -2.77. The molecule has 1 saturated heterocycles. The topological polar surface area (TPSA) is 91.0 Å². The Kier molecular flexibility index (Phi) is 6.82. The van der Waals surface area contributed by atoms with Crippen LogP contribution in [-0.4, -0.2) is 68.5 Å². The molecule has 0 bridgehead atoms. The van der Waals surface area contributed by atoms with Crippen LogP contribution in [0.1, 0.15) is 13.8 Å². The molecule has 0 aliphatic carbocycles. The minimum absolute atomic E-state index is 0.132. The van der Waals surface area contributed by atoms with Crippen molar-refractivity contribution < 1.29 is 19.1 Å². The minimum Gasteiger partial charge on any atom is -0.495 e. The average Bonchev–Trinajstić information content (AvgIpc) is 2.65. The number of amides is 3. The highest BCUT2D eigenvalue weighted by Crippen LogP contribution is 2.28. The fraction of sp³-hybridized carbons (Fsp3) is 0.500. The molecule has 0 spiro atoms. The van der Waals surface area contributed by atoms with Gasteiger partial charge in [0.25, 0.3) is 0 Å². The molecule has 1 heterocycles. The van der Waals surface area contributed by atoms with Gasteiger partial charge in [-0.25, -0.2) is 0 Å². The van der Waals surface area contributed by atoms with Crippen molar-refractivity contribution >= 4 is 23.4 Å². The first-order valence-corrected chi connectivity index (χ1v) is 8.66. The number of ether oxygens (including phenoxy) is 1. The normalized spacial score (nSPS) is 14.2. The predicted octanol–water partition coefficient (Wildman–Crippen LogP) is -0.0154. The van der Waals surface area contributed by atoms with E-state index in [4.69, 9.17) is 4.74 Å². The van der Waals surface area contributed by atoms with Gasteiger partial charge in [-0.05, 0) is 26.0 Å². The molecule has 26 heavy (non-hydrogen) atoms. The van der Waals surface area contributed by atoms with Crippen LogP contribution in [0.5, 0.6) is 5.75 Å². The van der Waals surface area contributed by atoms with Crippen molar-refractivity contribution in [2.45, 2.75) is 19.9 Å². The largest absolute Gasteiger partial charge is 0.495 e. The first kappa shape index (κ1) is 19.6. The van der Waals surface area contributed by atoms with Gasteiger partial charge in [-0.1, -0.05) is 12.1 Å². The van der Waals surface area contributed by atoms with Gasteiger partial charge in [0.15, 0.2) is 0 Å². The molecule has 1 aliphatic heterocycles. The summed E-state index contributed by atoms with van der Waals surface area (Å²) in [5, 5.41) is 4.86. The van der Waals surface area contributed by atoms with Gasteiger partial charge in [0.2, 0.25) is 5.91 Å². The van der Waals surface area contributed by atoms with Crippen molar-refractivity contribution in [2.75, 3.05) is 44.7 Å². The number of methoxy groups -OCH3 is 1. The average molecular weight is 362 g/mol. The molecule has 3 amide bonds. The van der Waals surface area contributed by atoms with E-state index in [9.17, 15) is 14.4 Å². The number of rotatable bonds is 5. The maximum Gasteiger partial charge on any atom is 0.309 e. The summed E-state index contributed by atoms with van der Waals surface area (Å²) in [5.41, 5.74) is 1.00. The van der Waals surface area contributed by atoms with E-state index in [1.165, 1.54) is 0 Å². The molecule has 1 aliphatic rings. The van der Waals surface area contributed by atoms with Crippen molar-refractivity contribution in [1.82, 2.24) is 15.5 Å². The molecular weight excluding hydrogens is 336 g/mol. The Morgan fingerprint density at radius 3 is 2.35 bits per heavy atom. The first-order valence-electron chi connectivity index (χ1n) is 8.66. The molecule has 2 N–H and O–H groups in total. The highest BCUT2D eigenvalue weighted by atomic mass is 16.5.